The maximum absolute atomic E-state index is 8.94. The fourth-order valence-electron chi connectivity index (χ4n) is 2.33. The number of hydrogen-bond donors (Lipinski definition) is 4. The molecule has 26 heavy (non-hydrogen) atoms. The summed E-state index contributed by atoms with van der Waals surface area (Å²) in [6, 6.07) is 12.3. The Balaban J connectivity index is 0.000000765. The number of hydrazine groups is 1. The highest BCUT2D eigenvalue weighted by atomic mass is 16.5. The number of amides is 1. The standard InChI is InChI=1S/C18H23N3O.CH4N2O/c1-13-6-5-7-17(19-3)16(13)12-22-18-9-8-15(10-14(18)2)11-21-20-4;2-3-1-4/h5-11,19-20H,12H2,1-4H3;1H,2H2,(H,3,4). The van der Waals surface area contributed by atoms with Crippen LogP contribution in [-0.4, -0.2) is 26.7 Å². The van der Waals surface area contributed by atoms with Crippen molar-refractivity contribution < 1.29 is 9.53 Å². The molecule has 0 bridgehead atoms. The van der Waals surface area contributed by atoms with E-state index in [1.165, 1.54) is 11.1 Å². The predicted molar refractivity (Wildman–Crippen MR) is 106 cm³/mol. The summed E-state index contributed by atoms with van der Waals surface area (Å²) in [5.74, 6) is 5.31. The van der Waals surface area contributed by atoms with E-state index >= 15 is 0 Å². The number of nitrogens with two attached hydrogens (primary N) is 1. The zero-order valence-electron chi connectivity index (χ0n) is 15.7. The lowest BCUT2D eigenvalue weighted by atomic mass is 10.1. The summed E-state index contributed by atoms with van der Waals surface area (Å²) in [6.45, 7) is 4.69. The topological polar surface area (TPSA) is 101 Å². The molecule has 0 aliphatic heterocycles. The Kier molecular flexibility index (Phi) is 9.27. The number of hydrazone groups is 1. The quantitative estimate of drug-likeness (QED) is 0.200. The first-order chi connectivity index (χ1) is 12.6. The average Bonchev–Trinajstić information content (AvgIpc) is 2.66. The largest absolute Gasteiger partial charge is 0.489 e. The molecule has 0 aliphatic carbocycles. The van der Waals surface area contributed by atoms with E-state index < -0.39 is 0 Å². The van der Waals surface area contributed by atoms with Gasteiger partial charge in [-0.15, -0.1) is 0 Å². The minimum absolute atomic E-state index is 0.403. The van der Waals surface area contributed by atoms with Gasteiger partial charge < -0.3 is 15.5 Å². The van der Waals surface area contributed by atoms with Crippen LogP contribution in [0.5, 0.6) is 5.75 Å². The van der Waals surface area contributed by atoms with Crippen molar-refractivity contribution in [3.63, 3.8) is 0 Å². The van der Waals surface area contributed by atoms with Gasteiger partial charge in [0.1, 0.15) is 12.4 Å². The highest BCUT2D eigenvalue weighted by molar-refractivity contribution is 5.80. The number of carbonyl (C=O) groups is 1. The molecule has 0 heterocycles. The summed E-state index contributed by atoms with van der Waals surface area (Å²) in [4.78, 5) is 8.94. The number of carbonyl (C=O) groups excluding carboxylic acids is 1. The summed E-state index contributed by atoms with van der Waals surface area (Å²) < 4.78 is 6.01. The van der Waals surface area contributed by atoms with Gasteiger partial charge in [0.15, 0.2) is 0 Å². The van der Waals surface area contributed by atoms with Gasteiger partial charge in [-0.05, 0) is 54.8 Å². The zero-order chi connectivity index (χ0) is 19.4. The van der Waals surface area contributed by atoms with Crippen LogP contribution in [0.1, 0.15) is 22.3 Å². The van der Waals surface area contributed by atoms with Gasteiger partial charge in [-0.1, -0.05) is 12.1 Å². The van der Waals surface area contributed by atoms with E-state index in [1.807, 2.05) is 32.2 Å². The van der Waals surface area contributed by atoms with Crippen LogP contribution in [0.15, 0.2) is 41.5 Å². The van der Waals surface area contributed by atoms with E-state index in [1.54, 1.807) is 18.7 Å². The van der Waals surface area contributed by atoms with Crippen LogP contribution in [0, 0.1) is 13.8 Å². The predicted octanol–water partition coefficient (Wildman–Crippen LogP) is 2.08. The molecule has 5 N–H and O–H groups in total. The number of hydrogen-bond acceptors (Lipinski definition) is 6. The second-order valence-electron chi connectivity index (χ2n) is 5.43. The van der Waals surface area contributed by atoms with Gasteiger partial charge in [0, 0.05) is 25.3 Å². The molecule has 0 atom stereocenters. The zero-order valence-corrected chi connectivity index (χ0v) is 15.7. The fraction of sp³-hybridized carbons (Fsp3) is 0.263. The first-order valence-corrected chi connectivity index (χ1v) is 8.16. The first kappa shape index (κ1) is 21.0. The molecule has 2 aromatic carbocycles. The number of nitrogens with one attached hydrogen (secondary N) is 3. The molecule has 2 aromatic rings. The molecule has 0 spiro atoms. The molecule has 0 radical (unpaired) electrons. The summed E-state index contributed by atoms with van der Waals surface area (Å²) in [7, 11) is 3.71. The number of rotatable bonds is 7. The number of ether oxygens (including phenoxy) is 1. The minimum atomic E-state index is 0.403. The highest BCUT2D eigenvalue weighted by Crippen LogP contribution is 2.24. The van der Waals surface area contributed by atoms with Crippen LogP contribution in [0.25, 0.3) is 0 Å². The molecule has 0 unspecified atom stereocenters. The number of nitrogens with zero attached hydrogens (tertiary/aromatic N) is 1. The number of anilines is 1. The number of benzene rings is 2. The lowest BCUT2D eigenvalue weighted by molar-refractivity contribution is -0.109. The smallest absolute Gasteiger partial charge is 0.221 e. The normalized spacial score (nSPS) is 9.88. The molecule has 0 aromatic heterocycles. The highest BCUT2D eigenvalue weighted by Gasteiger charge is 2.07. The van der Waals surface area contributed by atoms with Crippen LogP contribution in [0.2, 0.25) is 0 Å². The molecule has 7 nitrogen and oxygen atoms in total. The Morgan fingerprint density at radius 3 is 2.46 bits per heavy atom. The van der Waals surface area contributed by atoms with E-state index in [9.17, 15) is 0 Å². The summed E-state index contributed by atoms with van der Waals surface area (Å²) in [5.41, 5.74) is 10.2. The van der Waals surface area contributed by atoms with Gasteiger partial charge in [-0.2, -0.15) is 5.10 Å². The Morgan fingerprint density at radius 1 is 1.15 bits per heavy atom. The van der Waals surface area contributed by atoms with E-state index in [-0.39, 0.29) is 0 Å². The van der Waals surface area contributed by atoms with Crippen molar-refractivity contribution in [1.82, 2.24) is 10.9 Å². The van der Waals surface area contributed by atoms with Gasteiger partial charge >= 0.3 is 0 Å². The molecular weight excluding hydrogens is 330 g/mol. The second-order valence-corrected chi connectivity index (χ2v) is 5.43. The summed E-state index contributed by atoms with van der Waals surface area (Å²) >= 11 is 0. The Hall–Kier alpha value is -3.06. The molecular formula is C19H27N5O2. The molecule has 140 valence electrons. The van der Waals surface area contributed by atoms with Crippen molar-refractivity contribution in [3.8, 4) is 5.75 Å². The van der Waals surface area contributed by atoms with Crippen LogP contribution in [0.4, 0.5) is 5.69 Å². The van der Waals surface area contributed by atoms with Crippen molar-refractivity contribution in [3.05, 3.63) is 58.7 Å². The van der Waals surface area contributed by atoms with Crippen molar-refractivity contribution in [2.45, 2.75) is 20.5 Å². The van der Waals surface area contributed by atoms with Gasteiger partial charge in [-0.25, -0.2) is 5.84 Å². The van der Waals surface area contributed by atoms with Gasteiger partial charge in [0.05, 0.1) is 6.21 Å². The first-order valence-electron chi connectivity index (χ1n) is 8.16. The molecule has 2 rings (SSSR count). The van der Waals surface area contributed by atoms with Crippen LogP contribution >= 0.6 is 0 Å². The van der Waals surface area contributed by atoms with Gasteiger partial charge in [-0.3, -0.25) is 10.2 Å². The molecule has 0 fully saturated rings. The molecule has 7 heteroatoms. The molecule has 0 aliphatic rings. The Morgan fingerprint density at radius 2 is 1.88 bits per heavy atom. The summed E-state index contributed by atoms with van der Waals surface area (Å²) in [6.07, 6.45) is 2.19. The van der Waals surface area contributed by atoms with Gasteiger partial charge in [0.25, 0.3) is 0 Å². The van der Waals surface area contributed by atoms with Crippen molar-refractivity contribution in [2.24, 2.45) is 10.9 Å². The van der Waals surface area contributed by atoms with Crippen LogP contribution in [-0.2, 0) is 11.4 Å². The van der Waals surface area contributed by atoms with E-state index in [2.05, 4.69) is 46.8 Å². The fourth-order valence-corrected chi connectivity index (χ4v) is 2.33. The van der Waals surface area contributed by atoms with E-state index in [0.29, 0.717) is 13.0 Å². The third-order valence-electron chi connectivity index (χ3n) is 3.66. The minimum Gasteiger partial charge on any atom is -0.489 e. The Labute approximate surface area is 154 Å². The SMILES string of the molecule is CNN=Cc1ccc(OCc2c(C)cccc2NC)c(C)c1.NNC=O. The lowest BCUT2D eigenvalue weighted by Gasteiger charge is -2.15. The molecule has 1 amide bonds. The Bertz CT molecular complexity index is 732. The van der Waals surface area contributed by atoms with E-state index in [0.717, 1.165) is 22.6 Å². The van der Waals surface area contributed by atoms with Crippen molar-refractivity contribution in [1.29, 1.82) is 0 Å². The van der Waals surface area contributed by atoms with E-state index in [4.69, 9.17) is 9.53 Å². The van der Waals surface area contributed by atoms with Crippen molar-refractivity contribution >= 4 is 18.3 Å². The molecule has 0 saturated carbocycles. The number of aryl methyl sites for hydroxylation is 2. The van der Waals surface area contributed by atoms with Crippen LogP contribution in [0.3, 0.4) is 0 Å². The maximum Gasteiger partial charge on any atom is 0.221 e. The van der Waals surface area contributed by atoms with Crippen LogP contribution < -0.4 is 26.7 Å². The van der Waals surface area contributed by atoms with Crippen molar-refractivity contribution in [2.75, 3.05) is 19.4 Å². The van der Waals surface area contributed by atoms with Gasteiger partial charge in [0.2, 0.25) is 6.41 Å². The monoisotopic (exact) mass is 357 g/mol. The maximum atomic E-state index is 8.94. The summed E-state index contributed by atoms with van der Waals surface area (Å²) in [5, 5.41) is 7.23. The third kappa shape index (κ3) is 6.45. The lowest BCUT2D eigenvalue weighted by Crippen LogP contribution is -2.18. The average molecular weight is 357 g/mol. The molecule has 0 saturated heterocycles. The second kappa shape index (κ2) is 11.5. The third-order valence-corrected chi connectivity index (χ3v) is 3.66.